The van der Waals surface area contributed by atoms with Gasteiger partial charge in [-0.05, 0) is 37.2 Å². The number of fused-ring (bicyclic) bond motifs is 1. The Morgan fingerprint density at radius 1 is 1.29 bits per heavy atom. The van der Waals surface area contributed by atoms with Gasteiger partial charge in [0.1, 0.15) is 5.00 Å². The lowest BCUT2D eigenvalue weighted by molar-refractivity contribution is -0.118. The van der Waals surface area contributed by atoms with Crippen LogP contribution in [0.15, 0.2) is 0 Å². The van der Waals surface area contributed by atoms with Gasteiger partial charge in [0.05, 0.1) is 18.7 Å². The molecule has 1 aliphatic carbocycles. The van der Waals surface area contributed by atoms with E-state index < -0.39 is 6.04 Å². The Labute approximate surface area is 128 Å². The van der Waals surface area contributed by atoms with Crippen molar-refractivity contribution in [3.63, 3.8) is 0 Å². The maximum atomic E-state index is 12.1. The number of thiophene rings is 1. The summed E-state index contributed by atoms with van der Waals surface area (Å²) in [5, 5.41) is 3.40. The lowest BCUT2D eigenvalue weighted by atomic mass is 9.95. The average molecular weight is 310 g/mol. The lowest BCUT2D eigenvalue weighted by Crippen LogP contribution is -2.39. The number of methoxy groups -OCH3 is 1. The molecule has 21 heavy (non-hydrogen) atoms. The fourth-order valence-corrected chi connectivity index (χ4v) is 3.75. The Hall–Kier alpha value is -1.40. The number of aryl methyl sites for hydroxylation is 1. The van der Waals surface area contributed by atoms with Gasteiger partial charge < -0.3 is 15.8 Å². The highest BCUT2D eigenvalue weighted by Crippen LogP contribution is 2.38. The first-order valence-corrected chi connectivity index (χ1v) is 8.06. The predicted octanol–water partition coefficient (Wildman–Crippen LogP) is 2.34. The molecule has 1 aromatic rings. The van der Waals surface area contributed by atoms with Crippen molar-refractivity contribution in [1.29, 1.82) is 0 Å². The van der Waals surface area contributed by atoms with E-state index in [9.17, 15) is 9.59 Å². The smallest absolute Gasteiger partial charge is 0.341 e. The van der Waals surface area contributed by atoms with Crippen molar-refractivity contribution in [1.82, 2.24) is 0 Å². The van der Waals surface area contributed by atoms with Crippen LogP contribution in [0, 0.1) is 5.92 Å². The van der Waals surface area contributed by atoms with Gasteiger partial charge in [0.2, 0.25) is 5.91 Å². The van der Waals surface area contributed by atoms with Crippen LogP contribution in [0.5, 0.6) is 0 Å². The molecule has 0 aromatic carbocycles. The van der Waals surface area contributed by atoms with Gasteiger partial charge in [-0.25, -0.2) is 4.79 Å². The first-order chi connectivity index (χ1) is 9.95. The number of nitrogens with two attached hydrogens (primary N) is 1. The molecular formula is C15H22N2O3S. The number of ether oxygens (including phenoxy) is 1. The van der Waals surface area contributed by atoms with Crippen molar-refractivity contribution in [2.24, 2.45) is 11.7 Å². The van der Waals surface area contributed by atoms with Crippen LogP contribution in [0.2, 0.25) is 0 Å². The summed E-state index contributed by atoms with van der Waals surface area (Å²) < 4.78 is 4.88. The molecule has 0 bridgehead atoms. The minimum atomic E-state index is -0.588. The van der Waals surface area contributed by atoms with E-state index in [4.69, 9.17) is 10.5 Å². The monoisotopic (exact) mass is 310 g/mol. The van der Waals surface area contributed by atoms with Crippen LogP contribution in [0.1, 0.15) is 47.5 Å². The van der Waals surface area contributed by atoms with E-state index in [0.29, 0.717) is 10.6 Å². The van der Waals surface area contributed by atoms with E-state index in [1.165, 1.54) is 23.3 Å². The van der Waals surface area contributed by atoms with Crippen LogP contribution in [0.4, 0.5) is 5.00 Å². The van der Waals surface area contributed by atoms with Gasteiger partial charge >= 0.3 is 5.97 Å². The van der Waals surface area contributed by atoms with Crippen molar-refractivity contribution in [3.05, 3.63) is 16.0 Å². The maximum absolute atomic E-state index is 12.1. The number of nitrogens with one attached hydrogen (secondary N) is 1. The van der Waals surface area contributed by atoms with Gasteiger partial charge in [-0.3, -0.25) is 4.79 Å². The van der Waals surface area contributed by atoms with Gasteiger partial charge in [0, 0.05) is 4.88 Å². The quantitative estimate of drug-likeness (QED) is 0.836. The molecule has 1 aliphatic rings. The number of carbonyl (C=O) groups excluding carboxylic acids is 2. The molecular weight excluding hydrogens is 288 g/mol. The summed E-state index contributed by atoms with van der Waals surface area (Å²) in [4.78, 5) is 25.4. The summed E-state index contributed by atoms with van der Waals surface area (Å²) in [6, 6.07) is -0.588. The fourth-order valence-electron chi connectivity index (χ4n) is 2.47. The number of esters is 1. The Morgan fingerprint density at radius 2 is 1.95 bits per heavy atom. The largest absolute Gasteiger partial charge is 0.465 e. The van der Waals surface area contributed by atoms with Crippen molar-refractivity contribution in [2.45, 2.75) is 45.6 Å². The van der Waals surface area contributed by atoms with Crippen molar-refractivity contribution < 1.29 is 14.3 Å². The second-order valence-corrected chi connectivity index (χ2v) is 6.77. The molecule has 1 aromatic heterocycles. The minimum absolute atomic E-state index is 0.0427. The highest BCUT2D eigenvalue weighted by molar-refractivity contribution is 7.17. The molecule has 0 unspecified atom stereocenters. The van der Waals surface area contributed by atoms with Crippen LogP contribution in [0.25, 0.3) is 0 Å². The first-order valence-electron chi connectivity index (χ1n) is 7.25. The molecule has 0 fully saturated rings. The fraction of sp³-hybridized carbons (Fsp3) is 0.600. The van der Waals surface area contributed by atoms with Gasteiger partial charge in [0.25, 0.3) is 0 Å². The van der Waals surface area contributed by atoms with Gasteiger partial charge in [-0.2, -0.15) is 0 Å². The number of hydrogen-bond donors (Lipinski definition) is 2. The summed E-state index contributed by atoms with van der Waals surface area (Å²) in [5.74, 6) is -0.599. The zero-order valence-electron chi connectivity index (χ0n) is 12.7. The summed E-state index contributed by atoms with van der Waals surface area (Å²) >= 11 is 1.47. The Bertz CT molecular complexity index is 551. The topological polar surface area (TPSA) is 81.4 Å². The van der Waals surface area contributed by atoms with E-state index in [2.05, 4.69) is 5.32 Å². The van der Waals surface area contributed by atoms with Crippen molar-refractivity contribution >= 4 is 28.2 Å². The van der Waals surface area contributed by atoms with Gasteiger partial charge in [0.15, 0.2) is 0 Å². The number of rotatable bonds is 4. The summed E-state index contributed by atoms with van der Waals surface area (Å²) in [6.45, 7) is 3.79. The minimum Gasteiger partial charge on any atom is -0.465 e. The average Bonchev–Trinajstić information content (AvgIpc) is 2.83. The predicted molar refractivity (Wildman–Crippen MR) is 83.7 cm³/mol. The van der Waals surface area contributed by atoms with E-state index in [1.54, 1.807) is 0 Å². The third-order valence-electron chi connectivity index (χ3n) is 3.82. The van der Waals surface area contributed by atoms with Crippen LogP contribution in [-0.4, -0.2) is 25.0 Å². The van der Waals surface area contributed by atoms with Gasteiger partial charge in [-0.15, -0.1) is 11.3 Å². The van der Waals surface area contributed by atoms with Crippen LogP contribution >= 0.6 is 11.3 Å². The molecule has 0 spiro atoms. The van der Waals surface area contributed by atoms with E-state index in [0.717, 1.165) is 31.2 Å². The second kappa shape index (κ2) is 6.58. The highest BCUT2D eigenvalue weighted by atomic mass is 32.1. The molecule has 1 heterocycles. The summed E-state index contributed by atoms with van der Waals surface area (Å²) in [6.07, 6.45) is 4.00. The third kappa shape index (κ3) is 3.27. The SMILES string of the molecule is COC(=O)c1c(NC(=O)[C@H](N)C(C)C)sc2c1CCCC2. The van der Waals surface area contributed by atoms with E-state index >= 15 is 0 Å². The van der Waals surface area contributed by atoms with Crippen LogP contribution in [0.3, 0.4) is 0 Å². The zero-order chi connectivity index (χ0) is 15.6. The normalized spacial score (nSPS) is 15.5. The maximum Gasteiger partial charge on any atom is 0.341 e. The molecule has 1 atom stereocenters. The molecule has 0 saturated carbocycles. The van der Waals surface area contributed by atoms with Gasteiger partial charge in [-0.1, -0.05) is 13.8 Å². The van der Waals surface area contributed by atoms with Crippen LogP contribution in [-0.2, 0) is 22.4 Å². The zero-order valence-corrected chi connectivity index (χ0v) is 13.5. The Kier molecular flexibility index (Phi) is 5.00. The molecule has 1 amide bonds. The molecule has 0 aliphatic heterocycles. The van der Waals surface area contributed by atoms with E-state index in [-0.39, 0.29) is 17.8 Å². The second-order valence-electron chi connectivity index (χ2n) is 5.67. The molecule has 0 saturated heterocycles. The number of amides is 1. The molecule has 2 rings (SSSR count). The summed E-state index contributed by atoms with van der Waals surface area (Å²) in [7, 11) is 1.36. The molecule has 3 N–H and O–H groups in total. The molecule has 0 radical (unpaired) electrons. The number of carbonyl (C=O) groups is 2. The van der Waals surface area contributed by atoms with E-state index in [1.807, 2.05) is 13.8 Å². The Balaban J connectivity index is 2.32. The third-order valence-corrected chi connectivity index (χ3v) is 5.03. The van der Waals surface area contributed by atoms with Crippen LogP contribution < -0.4 is 11.1 Å². The molecule has 116 valence electrons. The first kappa shape index (κ1) is 16.0. The summed E-state index contributed by atoms with van der Waals surface area (Å²) in [5.41, 5.74) is 7.41. The van der Waals surface area contributed by atoms with Crippen molar-refractivity contribution in [3.8, 4) is 0 Å². The number of anilines is 1. The standard InChI is InChI=1S/C15H22N2O3S/c1-8(2)12(16)13(18)17-14-11(15(19)20-3)9-6-4-5-7-10(9)21-14/h8,12H,4-7,16H2,1-3H3,(H,17,18)/t12-/m1/s1. The van der Waals surface area contributed by atoms with Crippen molar-refractivity contribution in [2.75, 3.05) is 12.4 Å². The molecule has 6 heteroatoms. The lowest BCUT2D eigenvalue weighted by Gasteiger charge is -2.15. The number of hydrogen-bond acceptors (Lipinski definition) is 5. The highest BCUT2D eigenvalue weighted by Gasteiger charge is 2.28. The molecule has 5 nitrogen and oxygen atoms in total. The Morgan fingerprint density at radius 3 is 2.57 bits per heavy atom.